The molecule has 0 fully saturated rings. The summed E-state index contributed by atoms with van der Waals surface area (Å²) in [4.78, 5) is 4.02. The molecule has 0 radical (unpaired) electrons. The summed E-state index contributed by atoms with van der Waals surface area (Å²) in [5.41, 5.74) is 1.39. The van der Waals surface area contributed by atoms with Crippen molar-refractivity contribution in [1.29, 1.82) is 0 Å². The summed E-state index contributed by atoms with van der Waals surface area (Å²) < 4.78 is 32.2. The molecular weight excluding hydrogens is 324 g/mol. The molecule has 0 unspecified atom stereocenters. The first-order valence-electron chi connectivity index (χ1n) is 7.05. The molecule has 0 amide bonds. The molecule has 120 valence electrons. The first-order valence-corrected chi connectivity index (χ1v) is 8.87. The summed E-state index contributed by atoms with van der Waals surface area (Å²) >= 11 is 6.10. The molecule has 2 rings (SSSR count). The number of hydrogen-bond acceptors (Lipinski definition) is 4. The van der Waals surface area contributed by atoms with Crippen molar-refractivity contribution in [3.05, 3.63) is 40.9 Å². The minimum atomic E-state index is -3.78. The fraction of sp³-hybridized carbons (Fsp3) is 0.400. The van der Waals surface area contributed by atoms with Crippen LogP contribution in [0.4, 0.5) is 0 Å². The third-order valence-electron chi connectivity index (χ3n) is 3.23. The molecule has 2 aromatic rings. The van der Waals surface area contributed by atoms with Crippen molar-refractivity contribution < 1.29 is 13.2 Å². The highest BCUT2D eigenvalue weighted by molar-refractivity contribution is 7.90. The lowest BCUT2D eigenvalue weighted by Gasteiger charge is -2.14. The van der Waals surface area contributed by atoms with Crippen LogP contribution in [0.5, 0.6) is 5.75 Å². The van der Waals surface area contributed by atoms with Gasteiger partial charge in [0.25, 0.3) is 10.0 Å². The molecular formula is C15H19ClN2O3S. The zero-order valence-corrected chi connectivity index (χ0v) is 14.4. The molecule has 1 heterocycles. The topological polar surface area (TPSA) is 61.2 Å². The number of benzene rings is 1. The molecule has 0 aliphatic rings. The van der Waals surface area contributed by atoms with Gasteiger partial charge in [-0.05, 0) is 38.0 Å². The van der Waals surface area contributed by atoms with E-state index < -0.39 is 10.0 Å². The molecule has 0 bridgehead atoms. The predicted molar refractivity (Wildman–Crippen MR) is 86.1 cm³/mol. The van der Waals surface area contributed by atoms with Gasteiger partial charge in [-0.3, -0.25) is 0 Å². The van der Waals surface area contributed by atoms with E-state index in [4.69, 9.17) is 16.3 Å². The molecule has 7 heteroatoms. The van der Waals surface area contributed by atoms with Gasteiger partial charge in [-0.25, -0.2) is 17.4 Å². The monoisotopic (exact) mass is 342 g/mol. The second kappa shape index (κ2) is 6.71. The van der Waals surface area contributed by atoms with E-state index in [2.05, 4.69) is 4.98 Å². The predicted octanol–water partition coefficient (Wildman–Crippen LogP) is 3.57. The van der Waals surface area contributed by atoms with E-state index in [1.54, 1.807) is 13.0 Å². The number of rotatable bonds is 6. The van der Waals surface area contributed by atoms with Gasteiger partial charge in [0.05, 0.1) is 12.3 Å². The second-order valence-corrected chi connectivity index (χ2v) is 7.32. The van der Waals surface area contributed by atoms with Crippen LogP contribution in [0.1, 0.15) is 31.0 Å². The van der Waals surface area contributed by atoms with E-state index in [0.29, 0.717) is 23.1 Å². The molecule has 22 heavy (non-hydrogen) atoms. The molecule has 0 aliphatic carbocycles. The lowest BCUT2D eigenvalue weighted by atomic mass is 10.2. The van der Waals surface area contributed by atoms with Crippen molar-refractivity contribution in [3.8, 4) is 5.75 Å². The van der Waals surface area contributed by atoms with Gasteiger partial charge in [0.2, 0.25) is 0 Å². The highest BCUT2D eigenvalue weighted by atomic mass is 35.5. The van der Waals surface area contributed by atoms with Crippen LogP contribution < -0.4 is 4.74 Å². The maximum Gasteiger partial charge on any atom is 0.272 e. The number of nitrogens with zero attached hydrogens (tertiary/aromatic N) is 2. The second-order valence-electron chi connectivity index (χ2n) is 5.10. The van der Waals surface area contributed by atoms with Crippen LogP contribution in [-0.4, -0.2) is 24.0 Å². The Balaban J connectivity index is 2.50. The van der Waals surface area contributed by atoms with Crippen molar-refractivity contribution in [1.82, 2.24) is 8.96 Å². The number of halogens is 1. The van der Waals surface area contributed by atoms with E-state index in [9.17, 15) is 8.42 Å². The Morgan fingerprint density at radius 2 is 2.05 bits per heavy atom. The van der Waals surface area contributed by atoms with E-state index >= 15 is 0 Å². The normalized spacial score (nSPS) is 11.6. The van der Waals surface area contributed by atoms with Gasteiger partial charge in [0.15, 0.2) is 0 Å². The van der Waals surface area contributed by atoms with Crippen LogP contribution >= 0.6 is 11.6 Å². The molecule has 0 saturated carbocycles. The Morgan fingerprint density at radius 3 is 2.64 bits per heavy atom. The van der Waals surface area contributed by atoms with Crippen LogP contribution in [0, 0.1) is 13.8 Å². The summed E-state index contributed by atoms with van der Waals surface area (Å²) in [6, 6.07) is 3.09. The Hall–Kier alpha value is -1.53. The van der Waals surface area contributed by atoms with Crippen LogP contribution in [0.2, 0.25) is 5.02 Å². The Bertz CT molecular complexity index is 769. The van der Waals surface area contributed by atoms with Gasteiger partial charge in [-0.15, -0.1) is 0 Å². The van der Waals surface area contributed by atoms with E-state index in [1.807, 2.05) is 13.8 Å². The van der Waals surface area contributed by atoms with E-state index in [0.717, 1.165) is 22.4 Å². The first-order chi connectivity index (χ1) is 10.4. The molecule has 0 aliphatic heterocycles. The molecule has 5 nitrogen and oxygen atoms in total. The van der Waals surface area contributed by atoms with Crippen molar-refractivity contribution in [2.45, 2.75) is 38.5 Å². The number of unbranched alkanes of at least 4 members (excludes halogenated alkanes) is 1. The average Bonchev–Trinajstić information content (AvgIpc) is 2.90. The number of ether oxygens (including phenoxy) is 1. The lowest BCUT2D eigenvalue weighted by molar-refractivity contribution is 0.301. The van der Waals surface area contributed by atoms with Gasteiger partial charge < -0.3 is 4.74 Å². The van der Waals surface area contributed by atoms with E-state index in [1.165, 1.54) is 18.6 Å². The standard InChI is InChI=1S/C15H19ClN2O3S/c1-4-5-6-21-14-7-11(2)13(16)8-15(14)22(19,20)18-9-12(3)17-10-18/h7-10H,4-6H2,1-3H3. The molecule has 0 N–H and O–H groups in total. The quantitative estimate of drug-likeness (QED) is 0.753. The molecule has 1 aromatic heterocycles. The van der Waals surface area contributed by atoms with Crippen LogP contribution in [-0.2, 0) is 10.0 Å². The highest BCUT2D eigenvalue weighted by Gasteiger charge is 2.23. The summed E-state index contributed by atoms with van der Waals surface area (Å²) in [5.74, 6) is 0.321. The van der Waals surface area contributed by atoms with Crippen LogP contribution in [0.15, 0.2) is 29.6 Å². The minimum Gasteiger partial charge on any atom is -0.492 e. The Labute approximate surface area is 135 Å². The summed E-state index contributed by atoms with van der Waals surface area (Å²) in [6.45, 7) is 6.05. The van der Waals surface area contributed by atoms with Crippen LogP contribution in [0.3, 0.4) is 0 Å². The minimum absolute atomic E-state index is 0.0524. The van der Waals surface area contributed by atoms with Gasteiger partial charge in [0, 0.05) is 11.2 Å². The van der Waals surface area contributed by atoms with Crippen molar-refractivity contribution in [2.24, 2.45) is 0 Å². The maximum absolute atomic E-state index is 12.7. The van der Waals surface area contributed by atoms with Gasteiger partial charge in [0.1, 0.15) is 17.0 Å². The van der Waals surface area contributed by atoms with Crippen molar-refractivity contribution >= 4 is 21.6 Å². The summed E-state index contributed by atoms with van der Waals surface area (Å²) in [7, 11) is -3.78. The number of hydrogen-bond donors (Lipinski definition) is 0. The van der Waals surface area contributed by atoms with Crippen LogP contribution in [0.25, 0.3) is 0 Å². The third-order valence-corrected chi connectivity index (χ3v) is 5.26. The molecule has 0 saturated heterocycles. The zero-order chi connectivity index (χ0) is 16.3. The SMILES string of the molecule is CCCCOc1cc(C)c(Cl)cc1S(=O)(=O)n1cnc(C)c1. The number of aryl methyl sites for hydroxylation is 2. The fourth-order valence-electron chi connectivity index (χ4n) is 1.92. The molecule has 1 aromatic carbocycles. The summed E-state index contributed by atoms with van der Waals surface area (Å²) in [6.07, 6.45) is 4.55. The van der Waals surface area contributed by atoms with Gasteiger partial charge in [-0.2, -0.15) is 0 Å². The number of aromatic nitrogens is 2. The zero-order valence-electron chi connectivity index (χ0n) is 12.8. The van der Waals surface area contributed by atoms with Gasteiger partial charge in [-0.1, -0.05) is 24.9 Å². The lowest BCUT2D eigenvalue weighted by Crippen LogP contribution is -2.13. The largest absolute Gasteiger partial charge is 0.492 e. The fourth-order valence-corrected chi connectivity index (χ4v) is 3.48. The first kappa shape index (κ1) is 16.8. The smallest absolute Gasteiger partial charge is 0.272 e. The summed E-state index contributed by atoms with van der Waals surface area (Å²) in [5, 5.41) is 0.387. The Kier molecular flexibility index (Phi) is 5.13. The highest BCUT2D eigenvalue weighted by Crippen LogP contribution is 2.32. The van der Waals surface area contributed by atoms with Gasteiger partial charge >= 0.3 is 0 Å². The van der Waals surface area contributed by atoms with Crippen molar-refractivity contribution in [2.75, 3.05) is 6.61 Å². The molecule has 0 spiro atoms. The number of imidazole rings is 1. The molecule has 0 atom stereocenters. The third kappa shape index (κ3) is 3.44. The van der Waals surface area contributed by atoms with Crippen molar-refractivity contribution in [3.63, 3.8) is 0 Å². The average molecular weight is 343 g/mol. The Morgan fingerprint density at radius 1 is 1.32 bits per heavy atom. The van der Waals surface area contributed by atoms with E-state index in [-0.39, 0.29) is 4.90 Å². The maximum atomic E-state index is 12.7.